The van der Waals surface area contributed by atoms with Crippen molar-refractivity contribution in [3.05, 3.63) is 0 Å². The zero-order valence-corrected chi connectivity index (χ0v) is 10.9. The van der Waals surface area contributed by atoms with E-state index in [1.807, 2.05) is 6.69 Å². The summed E-state index contributed by atoms with van der Waals surface area (Å²) >= 11 is 4.27. The van der Waals surface area contributed by atoms with Crippen molar-refractivity contribution in [1.29, 1.82) is 0 Å². The summed E-state index contributed by atoms with van der Waals surface area (Å²) in [6.45, 7) is 4.66. The van der Waals surface area contributed by atoms with Gasteiger partial charge in [-0.05, 0) is 0 Å². The molecule has 12 heavy (non-hydrogen) atoms. The van der Waals surface area contributed by atoms with Crippen molar-refractivity contribution in [3.8, 4) is 0 Å². The first-order valence-corrected chi connectivity index (χ1v) is 6.83. The molecule has 0 aromatic rings. The molecule has 0 spiro atoms. The van der Waals surface area contributed by atoms with Crippen LogP contribution in [0.1, 0.15) is 19.3 Å². The van der Waals surface area contributed by atoms with E-state index in [1.54, 1.807) is 0 Å². The number of likely N-dealkylation sites (tertiary alicyclic amines) is 1. The molecule has 0 aromatic carbocycles. The molecule has 1 aliphatic rings. The summed E-state index contributed by atoms with van der Waals surface area (Å²) in [6, 6.07) is 0. The van der Waals surface area contributed by atoms with Crippen LogP contribution in [0.2, 0.25) is 0 Å². The molecule has 1 heterocycles. The van der Waals surface area contributed by atoms with Crippen molar-refractivity contribution in [2.24, 2.45) is 0 Å². The Bertz CT molecular complexity index is 141. The monoisotopic (exact) mass is 299 g/mol. The molecule has 0 aromatic heterocycles. The quantitative estimate of drug-likeness (QED) is 0.271. The first-order valence-electron chi connectivity index (χ1n) is 4.38. The van der Waals surface area contributed by atoms with Crippen molar-refractivity contribution >= 4 is 19.2 Å². The van der Waals surface area contributed by atoms with Crippen LogP contribution in [0.25, 0.3) is 0 Å². The molecule has 2 nitrogen and oxygen atoms in total. The molecule has 71 valence electrons. The molecule has 0 atom stereocenters. The van der Waals surface area contributed by atoms with Gasteiger partial charge < -0.3 is 0 Å². The van der Waals surface area contributed by atoms with Gasteiger partial charge in [0.2, 0.25) is 0 Å². The standard InChI is InChI=1S/C7H17BIN2S/c1-10(8-12)9-11(2)6-4-3-5-7-11/h12H,3-7H2,1-2H3. The zero-order chi connectivity index (χ0) is 9.03. The second kappa shape index (κ2) is 5.07. The van der Waals surface area contributed by atoms with Gasteiger partial charge in [0.15, 0.2) is 0 Å². The van der Waals surface area contributed by atoms with Crippen molar-refractivity contribution in [2.75, 3.05) is 27.2 Å². The van der Waals surface area contributed by atoms with E-state index in [-0.39, 0.29) is 21.8 Å². The van der Waals surface area contributed by atoms with Crippen LogP contribution in [0.4, 0.5) is 0 Å². The minimum absolute atomic E-state index is 0.0962. The Morgan fingerprint density at radius 3 is 2.42 bits per heavy atom. The maximum absolute atomic E-state index is 4.17. The van der Waals surface area contributed by atoms with E-state index in [4.69, 9.17) is 0 Å². The predicted molar refractivity (Wildman–Crippen MR) is 52.3 cm³/mol. The molecule has 0 bridgehead atoms. The van der Waals surface area contributed by atoms with E-state index in [0.717, 1.165) is 0 Å². The fourth-order valence-corrected chi connectivity index (χ4v) is 4.68. The second-order valence-corrected chi connectivity index (χ2v) is 8.00. The summed E-state index contributed by atoms with van der Waals surface area (Å²) in [5.74, 6) is 0. The van der Waals surface area contributed by atoms with Crippen LogP contribution in [-0.2, 0) is 0 Å². The minimum atomic E-state index is 0.0962. The molecule has 1 radical (unpaired) electrons. The Morgan fingerprint density at radius 1 is 1.33 bits per heavy atom. The van der Waals surface area contributed by atoms with Gasteiger partial charge in [0.05, 0.1) is 0 Å². The molecule has 5 heteroatoms. The normalized spacial score (nSPS) is 23.0. The van der Waals surface area contributed by atoms with Gasteiger partial charge >= 0.3 is 93.1 Å². The van der Waals surface area contributed by atoms with Crippen LogP contribution in [0.5, 0.6) is 0 Å². The molecule has 0 saturated carbocycles. The van der Waals surface area contributed by atoms with Crippen LogP contribution in [0.3, 0.4) is 0 Å². The zero-order valence-electron chi connectivity index (χ0n) is 7.83. The van der Waals surface area contributed by atoms with E-state index in [9.17, 15) is 0 Å². The third kappa shape index (κ3) is 3.43. The number of hydrogen-bond donors (Lipinski definition) is 1. The topological polar surface area (TPSA) is 3.24 Å². The molecular weight excluding hydrogens is 282 g/mol. The second-order valence-electron chi connectivity index (χ2n) is 3.49. The fraction of sp³-hybridized carbons (Fsp3) is 1.00. The fourth-order valence-electron chi connectivity index (χ4n) is 1.55. The third-order valence-corrected chi connectivity index (χ3v) is 5.96. The molecule has 0 amide bonds. The Balaban J connectivity index is 2.35. The van der Waals surface area contributed by atoms with Crippen molar-refractivity contribution < 1.29 is 24.4 Å². The molecule has 1 saturated heterocycles. The summed E-state index contributed by atoms with van der Waals surface area (Å²) < 4.78 is 3.57. The third-order valence-electron chi connectivity index (χ3n) is 2.21. The molecular formula is C7H17BIN2S. The van der Waals surface area contributed by atoms with E-state index < -0.39 is 0 Å². The van der Waals surface area contributed by atoms with Crippen LogP contribution in [0, 0.1) is 0 Å². The molecule has 1 aliphatic heterocycles. The molecule has 1 rings (SSSR count). The van der Waals surface area contributed by atoms with Gasteiger partial charge in [0.25, 0.3) is 0 Å². The summed E-state index contributed by atoms with van der Waals surface area (Å²) in [6.07, 6.45) is 4.26. The van der Waals surface area contributed by atoms with Gasteiger partial charge in [-0.25, -0.2) is 0 Å². The maximum atomic E-state index is 4.17. The number of halogens is 1. The van der Waals surface area contributed by atoms with Gasteiger partial charge in [-0.3, -0.25) is 0 Å². The number of nitrogens with zero attached hydrogens (tertiary/aromatic N) is 2. The Hall–Kier alpha value is 1.06. The van der Waals surface area contributed by atoms with Crippen LogP contribution >= 0.6 is 12.5 Å². The Kier molecular flexibility index (Phi) is 4.71. The number of rotatable bonds is 3. The van der Waals surface area contributed by atoms with E-state index in [2.05, 4.69) is 29.6 Å². The molecule has 0 N–H and O–H groups in total. The van der Waals surface area contributed by atoms with Gasteiger partial charge in [-0.2, -0.15) is 0 Å². The van der Waals surface area contributed by atoms with Crippen LogP contribution in [0.15, 0.2) is 0 Å². The SMILES string of the molecule is CN([B]S)[I-][N+]1(C)CCCCC1. The van der Waals surface area contributed by atoms with Crippen LogP contribution < -0.4 is 21.8 Å². The van der Waals surface area contributed by atoms with Gasteiger partial charge in [0.1, 0.15) is 0 Å². The Morgan fingerprint density at radius 2 is 1.92 bits per heavy atom. The van der Waals surface area contributed by atoms with E-state index in [1.165, 1.54) is 35.0 Å². The van der Waals surface area contributed by atoms with E-state index in [0.29, 0.717) is 0 Å². The summed E-state index contributed by atoms with van der Waals surface area (Å²) in [5, 5.41) is 0. The van der Waals surface area contributed by atoms with Gasteiger partial charge in [-0.15, -0.1) is 0 Å². The average Bonchev–Trinajstić information content (AvgIpc) is 2.05. The summed E-state index contributed by atoms with van der Waals surface area (Å²) in [5.41, 5.74) is 0. The van der Waals surface area contributed by atoms with Crippen molar-refractivity contribution in [1.82, 2.24) is 3.02 Å². The van der Waals surface area contributed by atoms with Crippen molar-refractivity contribution in [3.63, 3.8) is 0 Å². The first-order chi connectivity index (χ1) is 5.66. The molecule has 0 aliphatic carbocycles. The number of thiol groups is 1. The van der Waals surface area contributed by atoms with Crippen molar-refractivity contribution in [2.45, 2.75) is 19.3 Å². The van der Waals surface area contributed by atoms with Gasteiger partial charge in [0, 0.05) is 0 Å². The molecule has 0 unspecified atom stereocenters. The number of quaternary nitrogens is 1. The first kappa shape index (κ1) is 11.1. The summed E-state index contributed by atoms with van der Waals surface area (Å²) in [4.78, 5) is 0. The predicted octanol–water partition coefficient (Wildman–Crippen LogP) is -2.07. The van der Waals surface area contributed by atoms with E-state index >= 15 is 0 Å². The average molecular weight is 299 g/mol. The summed E-state index contributed by atoms with van der Waals surface area (Å²) in [7, 11) is 4.53. The van der Waals surface area contributed by atoms with Gasteiger partial charge in [-0.1, -0.05) is 0 Å². The Labute approximate surface area is 92.8 Å². The molecule has 1 fully saturated rings. The van der Waals surface area contributed by atoms with Crippen LogP contribution in [-0.4, -0.2) is 39.6 Å². The number of hydrogen-bond acceptors (Lipinski definition) is 2. The number of piperidine rings is 1.